The van der Waals surface area contributed by atoms with Crippen molar-refractivity contribution in [3.63, 3.8) is 0 Å². The maximum atomic E-state index is 12.4. The Kier molecular flexibility index (Phi) is 4.27. The van der Waals surface area contributed by atoms with Crippen molar-refractivity contribution in [2.75, 3.05) is 10.5 Å². The van der Waals surface area contributed by atoms with E-state index in [0.717, 1.165) is 34.3 Å². The van der Waals surface area contributed by atoms with E-state index in [0.29, 0.717) is 5.69 Å². The van der Waals surface area contributed by atoms with Gasteiger partial charge in [0, 0.05) is 29.7 Å². The summed E-state index contributed by atoms with van der Waals surface area (Å²) in [7, 11) is -3.46. The zero-order valence-corrected chi connectivity index (χ0v) is 15.1. The molecule has 3 aromatic rings. The van der Waals surface area contributed by atoms with Gasteiger partial charge in [-0.3, -0.25) is 4.72 Å². The van der Waals surface area contributed by atoms with E-state index in [4.69, 9.17) is 0 Å². The van der Waals surface area contributed by atoms with Gasteiger partial charge in [-0.25, -0.2) is 13.4 Å². The third-order valence-electron chi connectivity index (χ3n) is 3.93. The van der Waals surface area contributed by atoms with E-state index >= 15 is 0 Å². The number of rotatable bonds is 5. The number of imidazole rings is 1. The van der Waals surface area contributed by atoms with Crippen molar-refractivity contribution in [2.45, 2.75) is 17.5 Å². The van der Waals surface area contributed by atoms with Gasteiger partial charge in [-0.2, -0.15) is 0 Å². The SMILES string of the molecule is O=S(=O)(Cc1ccccc1)Nc1cccc(-c2cn3c(n2)SCC3)c1. The van der Waals surface area contributed by atoms with Crippen molar-refractivity contribution in [3.05, 3.63) is 66.4 Å². The first-order chi connectivity index (χ1) is 12.1. The number of benzene rings is 2. The molecule has 1 aromatic heterocycles. The van der Waals surface area contributed by atoms with Crippen LogP contribution in [0.25, 0.3) is 11.3 Å². The van der Waals surface area contributed by atoms with Gasteiger partial charge in [0.2, 0.25) is 10.0 Å². The van der Waals surface area contributed by atoms with E-state index < -0.39 is 10.0 Å². The predicted octanol–water partition coefficient (Wildman–Crippen LogP) is 3.60. The number of thioether (sulfide) groups is 1. The summed E-state index contributed by atoms with van der Waals surface area (Å²) in [4.78, 5) is 4.62. The lowest BCUT2D eigenvalue weighted by atomic mass is 10.1. The molecule has 2 aromatic carbocycles. The van der Waals surface area contributed by atoms with Crippen molar-refractivity contribution in [2.24, 2.45) is 0 Å². The number of anilines is 1. The molecule has 0 amide bonds. The fourth-order valence-corrected chi connectivity index (χ4v) is 4.93. The van der Waals surface area contributed by atoms with Crippen molar-refractivity contribution in [3.8, 4) is 11.3 Å². The standard InChI is InChI=1S/C18H17N3O2S2/c22-25(23,13-14-5-2-1-3-6-14)20-16-8-4-7-15(11-16)17-12-21-9-10-24-18(21)19-17/h1-8,11-12,20H,9-10,13H2. The molecule has 0 aliphatic carbocycles. The quantitative estimate of drug-likeness (QED) is 0.744. The monoisotopic (exact) mass is 371 g/mol. The summed E-state index contributed by atoms with van der Waals surface area (Å²) in [5, 5.41) is 1.02. The van der Waals surface area contributed by atoms with Crippen LogP contribution < -0.4 is 4.72 Å². The Hall–Kier alpha value is -2.25. The minimum absolute atomic E-state index is 0.0481. The molecule has 7 heteroatoms. The van der Waals surface area contributed by atoms with Gasteiger partial charge in [0.25, 0.3) is 0 Å². The van der Waals surface area contributed by atoms with Crippen molar-refractivity contribution in [1.29, 1.82) is 0 Å². The van der Waals surface area contributed by atoms with Gasteiger partial charge < -0.3 is 4.57 Å². The van der Waals surface area contributed by atoms with Crippen LogP contribution in [-0.2, 0) is 22.3 Å². The molecule has 5 nitrogen and oxygen atoms in total. The maximum absolute atomic E-state index is 12.4. The summed E-state index contributed by atoms with van der Waals surface area (Å²) in [6.45, 7) is 0.969. The molecule has 128 valence electrons. The van der Waals surface area contributed by atoms with E-state index in [-0.39, 0.29) is 5.75 Å². The Morgan fingerprint density at radius 3 is 2.76 bits per heavy atom. The fourth-order valence-electron chi connectivity index (χ4n) is 2.80. The van der Waals surface area contributed by atoms with Crippen LogP contribution in [0.1, 0.15) is 5.56 Å². The molecule has 0 spiro atoms. The molecule has 0 radical (unpaired) electrons. The van der Waals surface area contributed by atoms with Gasteiger partial charge in [-0.1, -0.05) is 54.2 Å². The second kappa shape index (κ2) is 6.57. The molecule has 0 bridgehead atoms. The first kappa shape index (κ1) is 16.2. The molecule has 25 heavy (non-hydrogen) atoms. The minimum atomic E-state index is -3.46. The maximum Gasteiger partial charge on any atom is 0.236 e. The van der Waals surface area contributed by atoms with Crippen LogP contribution in [-0.4, -0.2) is 23.7 Å². The third-order valence-corrected chi connectivity index (χ3v) is 6.17. The van der Waals surface area contributed by atoms with Crippen LogP contribution in [0.2, 0.25) is 0 Å². The van der Waals surface area contributed by atoms with Crippen molar-refractivity contribution >= 4 is 27.5 Å². The van der Waals surface area contributed by atoms with Crippen molar-refractivity contribution < 1.29 is 8.42 Å². The largest absolute Gasteiger partial charge is 0.325 e. The molecule has 0 atom stereocenters. The number of aromatic nitrogens is 2. The smallest absolute Gasteiger partial charge is 0.236 e. The highest BCUT2D eigenvalue weighted by Crippen LogP contribution is 2.30. The molecule has 1 aliphatic heterocycles. The second-order valence-corrected chi connectivity index (χ2v) is 8.66. The second-order valence-electron chi connectivity index (χ2n) is 5.88. The van der Waals surface area contributed by atoms with Crippen LogP contribution in [0.15, 0.2) is 66.0 Å². The Bertz CT molecular complexity index is 977. The summed E-state index contributed by atoms with van der Waals surface area (Å²) in [5.41, 5.74) is 3.08. The number of aryl methyl sites for hydroxylation is 1. The summed E-state index contributed by atoms with van der Waals surface area (Å²) in [5.74, 6) is 1.01. The van der Waals surface area contributed by atoms with E-state index in [1.165, 1.54) is 0 Å². The van der Waals surface area contributed by atoms with Crippen LogP contribution in [0.5, 0.6) is 0 Å². The first-order valence-corrected chi connectivity index (χ1v) is 10.6. The van der Waals surface area contributed by atoms with Crippen LogP contribution in [0.3, 0.4) is 0 Å². The number of sulfonamides is 1. The topological polar surface area (TPSA) is 64.0 Å². The summed E-state index contributed by atoms with van der Waals surface area (Å²) < 4.78 is 29.6. The number of nitrogens with zero attached hydrogens (tertiary/aromatic N) is 2. The van der Waals surface area contributed by atoms with Crippen LogP contribution in [0, 0.1) is 0 Å². The zero-order chi connectivity index (χ0) is 17.3. The summed E-state index contributed by atoms with van der Waals surface area (Å²) >= 11 is 1.74. The zero-order valence-electron chi connectivity index (χ0n) is 13.4. The Balaban J connectivity index is 1.55. The summed E-state index contributed by atoms with van der Waals surface area (Å²) in [6, 6.07) is 16.5. The molecule has 0 unspecified atom stereocenters. The van der Waals surface area contributed by atoms with Crippen molar-refractivity contribution in [1.82, 2.24) is 9.55 Å². The van der Waals surface area contributed by atoms with Gasteiger partial charge >= 0.3 is 0 Å². The highest BCUT2D eigenvalue weighted by Gasteiger charge is 2.16. The van der Waals surface area contributed by atoms with Gasteiger partial charge in [-0.05, 0) is 17.7 Å². The number of hydrogen-bond acceptors (Lipinski definition) is 4. The molecule has 4 rings (SSSR count). The summed E-state index contributed by atoms with van der Waals surface area (Å²) in [6.07, 6.45) is 2.02. The van der Waals surface area contributed by atoms with E-state index in [1.807, 2.05) is 42.6 Å². The average Bonchev–Trinajstić information content (AvgIpc) is 3.16. The fraction of sp³-hybridized carbons (Fsp3) is 0.167. The third kappa shape index (κ3) is 3.72. The highest BCUT2D eigenvalue weighted by atomic mass is 32.2. The molecular weight excluding hydrogens is 354 g/mol. The Morgan fingerprint density at radius 1 is 1.12 bits per heavy atom. The van der Waals surface area contributed by atoms with Gasteiger partial charge in [0.15, 0.2) is 5.16 Å². The number of fused-ring (bicyclic) bond motifs is 1. The first-order valence-electron chi connectivity index (χ1n) is 7.94. The lowest BCUT2D eigenvalue weighted by Crippen LogP contribution is -2.15. The molecule has 0 saturated carbocycles. The predicted molar refractivity (Wildman–Crippen MR) is 101 cm³/mol. The molecular formula is C18H17N3O2S2. The van der Waals surface area contributed by atoms with E-state index in [1.54, 1.807) is 30.0 Å². The Labute approximate surface area is 151 Å². The number of hydrogen-bond donors (Lipinski definition) is 1. The van der Waals surface area contributed by atoms with E-state index in [2.05, 4.69) is 14.3 Å². The highest BCUT2D eigenvalue weighted by molar-refractivity contribution is 7.99. The molecule has 0 fully saturated rings. The molecule has 2 heterocycles. The van der Waals surface area contributed by atoms with E-state index in [9.17, 15) is 8.42 Å². The van der Waals surface area contributed by atoms with Crippen LogP contribution in [0.4, 0.5) is 5.69 Å². The normalized spacial score (nSPS) is 13.6. The van der Waals surface area contributed by atoms with Gasteiger partial charge in [-0.15, -0.1) is 0 Å². The van der Waals surface area contributed by atoms with Gasteiger partial charge in [0.1, 0.15) is 0 Å². The molecule has 0 saturated heterocycles. The van der Waals surface area contributed by atoms with Crippen LogP contribution >= 0.6 is 11.8 Å². The average molecular weight is 371 g/mol. The molecule has 1 aliphatic rings. The Morgan fingerprint density at radius 2 is 1.96 bits per heavy atom. The number of nitrogens with one attached hydrogen (secondary N) is 1. The lowest BCUT2D eigenvalue weighted by Gasteiger charge is -2.09. The molecule has 1 N–H and O–H groups in total. The minimum Gasteiger partial charge on any atom is -0.325 e. The van der Waals surface area contributed by atoms with Gasteiger partial charge in [0.05, 0.1) is 11.4 Å². The lowest BCUT2D eigenvalue weighted by molar-refractivity contribution is 0.600.